The van der Waals surface area contributed by atoms with Crippen molar-refractivity contribution < 1.29 is 9.90 Å². The van der Waals surface area contributed by atoms with Crippen LogP contribution in [0.3, 0.4) is 0 Å². The average molecular weight is 334 g/mol. The molecular weight excluding hydrogens is 298 g/mol. The van der Waals surface area contributed by atoms with Crippen molar-refractivity contribution in [2.24, 2.45) is 35.0 Å². The summed E-state index contributed by atoms with van der Waals surface area (Å²) in [6.07, 6.45) is 6.76. The van der Waals surface area contributed by atoms with E-state index in [1.807, 2.05) is 6.92 Å². The second-order valence-corrected chi connectivity index (χ2v) is 10.0. The molecule has 8 atom stereocenters. The molecule has 0 aromatic carbocycles. The highest BCUT2D eigenvalue weighted by Crippen LogP contribution is 2.65. The predicted molar refractivity (Wildman–Crippen MR) is 95.6 cm³/mol. The molecular formula is C21H35NO2. The molecule has 24 heavy (non-hydrogen) atoms. The van der Waals surface area contributed by atoms with Crippen LogP contribution < -0.4 is 0 Å². The minimum absolute atomic E-state index is 0.186. The predicted octanol–water partition coefficient (Wildman–Crippen LogP) is 3.50. The van der Waals surface area contributed by atoms with Crippen LogP contribution in [0.25, 0.3) is 0 Å². The third-order valence-corrected chi connectivity index (χ3v) is 8.93. The van der Waals surface area contributed by atoms with Crippen molar-refractivity contribution in [3.63, 3.8) is 0 Å². The molecule has 4 fully saturated rings. The SMILES string of the molecule is CC(O)[C@H]1C(C)C[C@H]2[C@@H]3CCN4CC(=O)CC[C@]4(C)[C@H]3CC[C@]12C. The number of aliphatic hydroxyl groups is 1. The Morgan fingerprint density at radius 3 is 2.67 bits per heavy atom. The number of nitrogens with zero attached hydrogens (tertiary/aromatic N) is 1. The van der Waals surface area contributed by atoms with Crippen LogP contribution in [0.15, 0.2) is 0 Å². The fourth-order valence-corrected chi connectivity index (χ4v) is 7.97. The van der Waals surface area contributed by atoms with Gasteiger partial charge in [-0.15, -0.1) is 0 Å². The maximum atomic E-state index is 11.9. The normalized spacial score (nSPS) is 53.2. The molecule has 2 aliphatic carbocycles. The summed E-state index contributed by atoms with van der Waals surface area (Å²) in [6, 6.07) is 0. The van der Waals surface area contributed by atoms with Crippen molar-refractivity contribution in [1.82, 2.24) is 4.90 Å². The lowest BCUT2D eigenvalue weighted by Gasteiger charge is -2.61. The first-order chi connectivity index (χ1) is 11.3. The summed E-state index contributed by atoms with van der Waals surface area (Å²) in [5.41, 5.74) is 0.558. The standard InChI is InChI=1S/C21H35NO2/c1-13-11-18-16-7-10-22-12-15(24)5-9-21(22,4)17(16)6-8-20(18,3)19(13)14(2)23/h13-14,16-19,23H,5-12H2,1-4H3/t13?,14?,16-,17+,18+,19-,20+,21-/m1/s1. The van der Waals surface area contributed by atoms with Gasteiger partial charge in [0, 0.05) is 12.0 Å². The van der Waals surface area contributed by atoms with Gasteiger partial charge in [0.05, 0.1) is 12.6 Å². The highest BCUT2D eigenvalue weighted by molar-refractivity contribution is 5.81. The first kappa shape index (κ1) is 17.0. The second kappa shape index (κ2) is 5.54. The molecule has 4 aliphatic rings. The summed E-state index contributed by atoms with van der Waals surface area (Å²) in [5.74, 6) is 3.85. The van der Waals surface area contributed by atoms with Crippen LogP contribution in [0.5, 0.6) is 0 Å². The quantitative estimate of drug-likeness (QED) is 0.798. The first-order valence-corrected chi connectivity index (χ1v) is 10.2. The number of aliphatic hydroxyl groups excluding tert-OH is 1. The second-order valence-electron chi connectivity index (χ2n) is 10.0. The molecule has 0 amide bonds. The lowest BCUT2D eigenvalue weighted by Crippen LogP contribution is -2.64. The molecule has 136 valence electrons. The highest BCUT2D eigenvalue weighted by atomic mass is 16.3. The largest absolute Gasteiger partial charge is 0.393 e. The van der Waals surface area contributed by atoms with E-state index in [4.69, 9.17) is 0 Å². The molecule has 2 saturated carbocycles. The summed E-state index contributed by atoms with van der Waals surface area (Å²) < 4.78 is 0. The van der Waals surface area contributed by atoms with Gasteiger partial charge in [-0.3, -0.25) is 9.69 Å². The third-order valence-electron chi connectivity index (χ3n) is 8.93. The van der Waals surface area contributed by atoms with Gasteiger partial charge < -0.3 is 5.11 Å². The molecule has 2 heterocycles. The van der Waals surface area contributed by atoms with E-state index in [2.05, 4.69) is 25.7 Å². The van der Waals surface area contributed by atoms with Crippen LogP contribution in [0, 0.1) is 35.0 Å². The topological polar surface area (TPSA) is 40.5 Å². The molecule has 0 spiro atoms. The van der Waals surface area contributed by atoms with E-state index in [9.17, 15) is 9.90 Å². The molecule has 4 rings (SSSR count). The van der Waals surface area contributed by atoms with Crippen LogP contribution in [0.1, 0.15) is 66.2 Å². The lowest BCUT2D eigenvalue weighted by molar-refractivity contribution is -0.145. The minimum atomic E-state index is -0.186. The number of fused-ring (bicyclic) bond motifs is 5. The van der Waals surface area contributed by atoms with E-state index in [0.29, 0.717) is 29.6 Å². The molecule has 0 aromatic heterocycles. The van der Waals surface area contributed by atoms with Crippen molar-refractivity contribution >= 4 is 5.78 Å². The van der Waals surface area contributed by atoms with Crippen LogP contribution in [0.2, 0.25) is 0 Å². The smallest absolute Gasteiger partial charge is 0.146 e. The van der Waals surface area contributed by atoms with Gasteiger partial charge in [-0.25, -0.2) is 0 Å². The van der Waals surface area contributed by atoms with Crippen molar-refractivity contribution in [3.8, 4) is 0 Å². The fraction of sp³-hybridized carbons (Fsp3) is 0.952. The van der Waals surface area contributed by atoms with Gasteiger partial charge in [-0.2, -0.15) is 0 Å². The van der Waals surface area contributed by atoms with E-state index in [-0.39, 0.29) is 11.6 Å². The Kier molecular flexibility index (Phi) is 3.93. The molecule has 0 aromatic rings. The first-order valence-electron chi connectivity index (χ1n) is 10.2. The molecule has 0 bridgehead atoms. The molecule has 2 unspecified atom stereocenters. The van der Waals surface area contributed by atoms with Crippen molar-refractivity contribution in [1.29, 1.82) is 0 Å². The Morgan fingerprint density at radius 2 is 1.96 bits per heavy atom. The Balaban J connectivity index is 1.64. The highest BCUT2D eigenvalue weighted by Gasteiger charge is 2.61. The van der Waals surface area contributed by atoms with Gasteiger partial charge in [0.1, 0.15) is 5.78 Å². The Labute approximate surface area is 147 Å². The zero-order valence-electron chi connectivity index (χ0n) is 15.9. The van der Waals surface area contributed by atoms with Crippen molar-refractivity contribution in [2.45, 2.75) is 77.9 Å². The molecule has 3 heteroatoms. The van der Waals surface area contributed by atoms with Crippen molar-refractivity contribution in [2.75, 3.05) is 13.1 Å². The van der Waals surface area contributed by atoms with Crippen LogP contribution >= 0.6 is 0 Å². The zero-order chi connectivity index (χ0) is 17.3. The Morgan fingerprint density at radius 1 is 1.21 bits per heavy atom. The number of hydrogen-bond donors (Lipinski definition) is 1. The summed E-state index contributed by atoms with van der Waals surface area (Å²) in [4.78, 5) is 14.5. The van der Waals surface area contributed by atoms with Crippen LogP contribution in [0.4, 0.5) is 0 Å². The number of ketones is 1. The molecule has 2 aliphatic heterocycles. The zero-order valence-corrected chi connectivity index (χ0v) is 15.9. The van der Waals surface area contributed by atoms with Gasteiger partial charge in [0.15, 0.2) is 0 Å². The monoisotopic (exact) mass is 333 g/mol. The van der Waals surface area contributed by atoms with Crippen LogP contribution in [-0.2, 0) is 4.79 Å². The molecule has 3 nitrogen and oxygen atoms in total. The summed E-state index contributed by atoms with van der Waals surface area (Å²) in [5, 5.41) is 10.4. The number of rotatable bonds is 1. The van der Waals surface area contributed by atoms with Crippen molar-refractivity contribution in [3.05, 3.63) is 0 Å². The van der Waals surface area contributed by atoms with Gasteiger partial charge in [0.25, 0.3) is 0 Å². The van der Waals surface area contributed by atoms with E-state index in [1.54, 1.807) is 0 Å². The molecule has 0 radical (unpaired) electrons. The summed E-state index contributed by atoms with van der Waals surface area (Å²) in [7, 11) is 0. The summed E-state index contributed by atoms with van der Waals surface area (Å²) in [6.45, 7) is 11.1. The van der Waals surface area contributed by atoms with Gasteiger partial charge in [-0.05, 0) is 87.5 Å². The van der Waals surface area contributed by atoms with E-state index in [1.165, 1.54) is 25.7 Å². The van der Waals surface area contributed by atoms with Gasteiger partial charge >= 0.3 is 0 Å². The molecule has 1 N–H and O–H groups in total. The third kappa shape index (κ3) is 2.19. The minimum Gasteiger partial charge on any atom is -0.393 e. The molecule has 2 saturated heterocycles. The fourth-order valence-electron chi connectivity index (χ4n) is 7.97. The van der Waals surface area contributed by atoms with Gasteiger partial charge in [-0.1, -0.05) is 13.8 Å². The number of carbonyl (C=O) groups excluding carboxylic acids is 1. The summed E-state index contributed by atoms with van der Waals surface area (Å²) >= 11 is 0. The number of Topliss-reactive ketones (excluding diaryl/α,β-unsaturated/α-hetero) is 1. The maximum absolute atomic E-state index is 11.9. The van der Waals surface area contributed by atoms with Gasteiger partial charge in [0.2, 0.25) is 0 Å². The average Bonchev–Trinajstić information content (AvgIpc) is 2.78. The maximum Gasteiger partial charge on any atom is 0.146 e. The lowest BCUT2D eigenvalue weighted by atomic mass is 9.51. The number of hydrogen-bond acceptors (Lipinski definition) is 3. The van der Waals surface area contributed by atoms with E-state index < -0.39 is 0 Å². The van der Waals surface area contributed by atoms with Crippen LogP contribution in [-0.4, -0.2) is 40.5 Å². The van der Waals surface area contributed by atoms with E-state index in [0.717, 1.165) is 37.1 Å². The number of piperidine rings is 2. The Hall–Kier alpha value is -0.410. The van der Waals surface area contributed by atoms with E-state index >= 15 is 0 Å². The Bertz CT molecular complexity index is 532. The number of carbonyl (C=O) groups is 1.